The van der Waals surface area contributed by atoms with Crippen LogP contribution in [0, 0.1) is 5.82 Å². The Labute approximate surface area is 103 Å². The topological polar surface area (TPSA) is 38.9 Å². The van der Waals surface area contributed by atoms with Gasteiger partial charge in [0, 0.05) is 10.9 Å². The van der Waals surface area contributed by atoms with E-state index in [9.17, 15) is 4.39 Å². The summed E-state index contributed by atoms with van der Waals surface area (Å²) in [5.74, 6) is 0.515. The largest absolute Gasteiger partial charge is 0.334 e. The lowest BCUT2D eigenvalue weighted by Gasteiger charge is -2.03. The van der Waals surface area contributed by atoms with Crippen LogP contribution in [0.2, 0.25) is 0 Å². The highest BCUT2D eigenvalue weighted by molar-refractivity contribution is 5.95. The van der Waals surface area contributed by atoms with E-state index in [2.05, 4.69) is 16.7 Å². The molecule has 1 heterocycles. The molecule has 88 valence electrons. The maximum atomic E-state index is 13.7. The Morgan fingerprint density at radius 3 is 2.61 bits per heavy atom. The second-order valence-electron chi connectivity index (χ2n) is 3.80. The predicted octanol–water partition coefficient (Wildman–Crippen LogP) is 3.67. The molecule has 0 aliphatic rings. The zero-order valence-electron chi connectivity index (χ0n) is 9.43. The van der Waals surface area contributed by atoms with Gasteiger partial charge in [0.15, 0.2) is 0 Å². The third-order valence-electron chi connectivity index (χ3n) is 2.73. The first-order valence-electron chi connectivity index (χ1n) is 5.43. The first-order chi connectivity index (χ1) is 8.79. The maximum absolute atomic E-state index is 13.7. The van der Waals surface area contributed by atoms with Crippen molar-refractivity contribution in [3.05, 3.63) is 54.7 Å². The van der Waals surface area contributed by atoms with Crippen LogP contribution in [-0.2, 0) is 0 Å². The molecule has 0 bridgehead atoms. The number of nitrogens with zero attached hydrogens (tertiary/aromatic N) is 2. The molecular weight excluding hydrogens is 231 g/mol. The molecule has 0 saturated heterocycles. The summed E-state index contributed by atoms with van der Waals surface area (Å²) < 4.78 is 18.6. The Morgan fingerprint density at radius 1 is 1.11 bits per heavy atom. The van der Waals surface area contributed by atoms with Crippen molar-refractivity contribution >= 4 is 16.8 Å². The molecule has 2 aromatic carbocycles. The first kappa shape index (κ1) is 10.7. The van der Waals surface area contributed by atoms with Crippen molar-refractivity contribution in [3.8, 4) is 11.4 Å². The SMILES string of the molecule is C=Cc1nc(-c2ccc(F)c3ccccc23)no1. The van der Waals surface area contributed by atoms with E-state index in [-0.39, 0.29) is 5.82 Å². The second-order valence-corrected chi connectivity index (χ2v) is 3.80. The molecule has 0 N–H and O–H groups in total. The van der Waals surface area contributed by atoms with E-state index in [1.165, 1.54) is 12.1 Å². The van der Waals surface area contributed by atoms with E-state index >= 15 is 0 Å². The van der Waals surface area contributed by atoms with E-state index in [1.54, 1.807) is 18.2 Å². The van der Waals surface area contributed by atoms with E-state index in [0.29, 0.717) is 17.1 Å². The third-order valence-corrected chi connectivity index (χ3v) is 2.73. The van der Waals surface area contributed by atoms with Gasteiger partial charge >= 0.3 is 0 Å². The molecule has 1 aromatic heterocycles. The van der Waals surface area contributed by atoms with Crippen LogP contribution >= 0.6 is 0 Å². The normalized spacial score (nSPS) is 10.7. The molecule has 0 atom stereocenters. The third kappa shape index (κ3) is 1.59. The van der Waals surface area contributed by atoms with Gasteiger partial charge < -0.3 is 4.52 Å². The molecule has 0 aliphatic heterocycles. The van der Waals surface area contributed by atoms with Gasteiger partial charge in [0.05, 0.1) is 0 Å². The minimum atomic E-state index is -0.262. The summed E-state index contributed by atoms with van der Waals surface area (Å²) in [6.07, 6.45) is 1.47. The smallest absolute Gasteiger partial charge is 0.250 e. The second kappa shape index (κ2) is 4.07. The quantitative estimate of drug-likeness (QED) is 0.686. The number of hydrogen-bond acceptors (Lipinski definition) is 3. The van der Waals surface area contributed by atoms with Gasteiger partial charge in [-0.1, -0.05) is 36.0 Å². The van der Waals surface area contributed by atoms with E-state index < -0.39 is 0 Å². The number of halogens is 1. The number of benzene rings is 2. The molecular formula is C14H9FN2O. The van der Waals surface area contributed by atoms with Gasteiger partial charge in [-0.3, -0.25) is 0 Å². The zero-order valence-corrected chi connectivity index (χ0v) is 9.43. The van der Waals surface area contributed by atoms with Crippen LogP contribution in [0.15, 0.2) is 47.5 Å². The van der Waals surface area contributed by atoms with Crippen molar-refractivity contribution in [1.29, 1.82) is 0 Å². The van der Waals surface area contributed by atoms with Crippen molar-refractivity contribution in [2.24, 2.45) is 0 Å². The summed E-state index contributed by atoms with van der Waals surface area (Å²) in [4.78, 5) is 4.16. The van der Waals surface area contributed by atoms with Crippen LogP contribution in [-0.4, -0.2) is 10.1 Å². The summed E-state index contributed by atoms with van der Waals surface area (Å²) in [6, 6.07) is 10.2. The van der Waals surface area contributed by atoms with Gasteiger partial charge in [0.2, 0.25) is 11.7 Å². The highest BCUT2D eigenvalue weighted by Gasteiger charge is 2.11. The molecule has 0 unspecified atom stereocenters. The van der Waals surface area contributed by atoms with Crippen molar-refractivity contribution in [2.45, 2.75) is 0 Å². The van der Waals surface area contributed by atoms with Gasteiger partial charge in [0.1, 0.15) is 5.82 Å². The Morgan fingerprint density at radius 2 is 1.89 bits per heavy atom. The van der Waals surface area contributed by atoms with Gasteiger partial charge in [-0.2, -0.15) is 4.98 Å². The average molecular weight is 240 g/mol. The Bertz CT molecular complexity index is 733. The molecule has 4 heteroatoms. The Hall–Kier alpha value is -2.49. The standard InChI is InChI=1S/C14H9FN2O/c1-2-13-16-14(17-18-13)11-7-8-12(15)10-6-4-3-5-9(10)11/h2-8H,1H2. The van der Waals surface area contributed by atoms with Crippen LogP contribution in [0.4, 0.5) is 4.39 Å². The van der Waals surface area contributed by atoms with Crippen LogP contribution in [0.5, 0.6) is 0 Å². The number of fused-ring (bicyclic) bond motifs is 1. The molecule has 3 nitrogen and oxygen atoms in total. The number of aromatic nitrogens is 2. The predicted molar refractivity (Wildman–Crippen MR) is 67.3 cm³/mol. The van der Waals surface area contributed by atoms with Crippen molar-refractivity contribution < 1.29 is 8.91 Å². The average Bonchev–Trinajstić information content (AvgIpc) is 2.88. The zero-order chi connectivity index (χ0) is 12.5. The van der Waals surface area contributed by atoms with Crippen LogP contribution in [0.1, 0.15) is 5.89 Å². The fourth-order valence-electron chi connectivity index (χ4n) is 1.88. The number of rotatable bonds is 2. The number of hydrogen-bond donors (Lipinski definition) is 0. The van der Waals surface area contributed by atoms with Gasteiger partial charge in [-0.05, 0) is 23.6 Å². The van der Waals surface area contributed by atoms with E-state index in [4.69, 9.17) is 4.52 Å². The molecule has 0 amide bonds. The van der Waals surface area contributed by atoms with Gasteiger partial charge in [0.25, 0.3) is 0 Å². The molecule has 18 heavy (non-hydrogen) atoms. The molecule has 0 aliphatic carbocycles. The first-order valence-corrected chi connectivity index (χ1v) is 5.43. The summed E-state index contributed by atoms with van der Waals surface area (Å²) in [5, 5.41) is 5.16. The molecule has 3 aromatic rings. The molecule has 0 spiro atoms. The van der Waals surface area contributed by atoms with Crippen LogP contribution in [0.25, 0.3) is 28.2 Å². The minimum Gasteiger partial charge on any atom is -0.334 e. The Kier molecular flexibility index (Phi) is 2.41. The monoisotopic (exact) mass is 240 g/mol. The van der Waals surface area contributed by atoms with Crippen molar-refractivity contribution in [2.75, 3.05) is 0 Å². The fourth-order valence-corrected chi connectivity index (χ4v) is 1.88. The molecule has 0 saturated carbocycles. The highest BCUT2D eigenvalue weighted by Crippen LogP contribution is 2.28. The maximum Gasteiger partial charge on any atom is 0.250 e. The van der Waals surface area contributed by atoms with E-state index in [0.717, 1.165) is 10.9 Å². The summed E-state index contributed by atoms with van der Waals surface area (Å²) in [7, 11) is 0. The summed E-state index contributed by atoms with van der Waals surface area (Å²) >= 11 is 0. The molecule has 3 rings (SSSR count). The van der Waals surface area contributed by atoms with Crippen LogP contribution in [0.3, 0.4) is 0 Å². The van der Waals surface area contributed by atoms with Gasteiger partial charge in [-0.15, -0.1) is 0 Å². The summed E-state index contributed by atoms with van der Waals surface area (Å²) in [5.41, 5.74) is 0.740. The molecule has 0 fully saturated rings. The van der Waals surface area contributed by atoms with E-state index in [1.807, 2.05) is 12.1 Å². The van der Waals surface area contributed by atoms with Crippen molar-refractivity contribution in [3.63, 3.8) is 0 Å². The Balaban J connectivity index is 2.29. The van der Waals surface area contributed by atoms with Crippen LogP contribution < -0.4 is 0 Å². The van der Waals surface area contributed by atoms with Crippen molar-refractivity contribution in [1.82, 2.24) is 10.1 Å². The highest BCUT2D eigenvalue weighted by atomic mass is 19.1. The summed E-state index contributed by atoms with van der Waals surface area (Å²) in [6.45, 7) is 3.56. The fraction of sp³-hybridized carbons (Fsp3) is 0. The lowest BCUT2D eigenvalue weighted by Crippen LogP contribution is -1.86. The lowest BCUT2D eigenvalue weighted by molar-refractivity contribution is 0.411. The van der Waals surface area contributed by atoms with Gasteiger partial charge in [-0.25, -0.2) is 4.39 Å². The molecule has 0 radical (unpaired) electrons. The minimum absolute atomic E-state index is 0.262. The lowest BCUT2D eigenvalue weighted by atomic mass is 10.0.